The van der Waals surface area contributed by atoms with Crippen LogP contribution in [0.2, 0.25) is 20.6 Å². The Balaban J connectivity index is 1.11. The number of hydrogen-bond acceptors (Lipinski definition) is 26. The summed E-state index contributed by atoms with van der Waals surface area (Å²) in [6.45, 7) is 1.25. The minimum Gasteiger partial charge on any atom is -0.744 e. The second-order valence-corrected chi connectivity index (χ2v) is 20.1. The maximum atomic E-state index is 12.8. The van der Waals surface area contributed by atoms with Gasteiger partial charge in [-0.3, -0.25) is 4.99 Å². The van der Waals surface area contributed by atoms with Crippen molar-refractivity contribution in [3.8, 4) is 23.0 Å². The fraction of sp³-hybridized carbons (Fsp3) is 0.333. The molecule has 8 N–H and O–H groups in total. The second-order valence-electron chi connectivity index (χ2n) is 13.6. The van der Waals surface area contributed by atoms with Gasteiger partial charge >= 0.3 is 0 Å². The van der Waals surface area contributed by atoms with Gasteiger partial charge in [-0.25, -0.2) is 21.8 Å². The molecule has 2 aromatic carbocycles. The zero-order valence-electron chi connectivity index (χ0n) is 34.7. The smallest absolute Gasteiger partial charge is 0.228 e. The topological polar surface area (TPSA) is 352 Å². The number of hydrogen-bond donors (Lipinski definition) is 8. The summed E-state index contributed by atoms with van der Waals surface area (Å²) < 4.78 is 88.9. The summed E-state index contributed by atoms with van der Waals surface area (Å²) in [5, 5.41) is 34.6. The lowest BCUT2D eigenvalue weighted by molar-refractivity contribution is 0.322. The van der Waals surface area contributed by atoms with Crippen LogP contribution in [-0.4, -0.2) is 147 Å². The van der Waals surface area contributed by atoms with Crippen molar-refractivity contribution < 1.29 is 45.3 Å². The van der Waals surface area contributed by atoms with Crippen molar-refractivity contribution in [2.45, 2.75) is 9.79 Å². The third-order valence-corrected chi connectivity index (χ3v) is 13.8. The van der Waals surface area contributed by atoms with E-state index >= 15 is 0 Å². The molecule has 364 valence electrons. The number of anilines is 7. The van der Waals surface area contributed by atoms with E-state index in [-0.39, 0.29) is 129 Å². The second kappa shape index (κ2) is 22.8. The molecule has 4 aromatic rings. The van der Waals surface area contributed by atoms with Crippen LogP contribution in [0.15, 0.2) is 43.5 Å². The summed E-state index contributed by atoms with van der Waals surface area (Å²) in [6.07, 6.45) is 0. The van der Waals surface area contributed by atoms with E-state index in [4.69, 9.17) is 65.8 Å². The summed E-state index contributed by atoms with van der Waals surface area (Å²) in [5.74, 6) is 2.01. The molecule has 2 aliphatic heterocycles. The normalized spacial score (nSPS) is 12.6. The minimum atomic E-state index is -5.29. The molecule has 0 fully saturated rings. The standard InChI is InChI=1S/C36H38Cl4N14O10S4/c37-21-23-27(63-25-17(47-23)1-3-19(29(25)67(57,58)59)41-5-7-43-33-49-31(39)51-35(53-33)45-9-13-65-15-11-55)22(38)24-28(21)64-26-18(48-24)2-4-20(30(26)68(60,61)62)42-6-8-44-34-50-32(40)52-36(54-34)46-10-14-66-16-12-56/h1-4,41,47,55-56H,5-16H2,(H,57,58,59)(H,60,61,62)(H2,43,45,49,51,53)(H2,44,46,50,52,54)/p-2. The van der Waals surface area contributed by atoms with Crippen molar-refractivity contribution in [1.29, 1.82) is 0 Å². The summed E-state index contributed by atoms with van der Waals surface area (Å²) in [6, 6.07) is 5.31. The number of aromatic nitrogens is 7. The molecule has 0 atom stereocenters. The van der Waals surface area contributed by atoms with Gasteiger partial charge in [0.25, 0.3) is 0 Å². The largest absolute Gasteiger partial charge is 0.744 e. The molecular weight excluding hydrogens is 1060 g/mol. The van der Waals surface area contributed by atoms with Gasteiger partial charge in [0, 0.05) is 55.7 Å². The third kappa shape index (κ3) is 12.5. The van der Waals surface area contributed by atoms with Gasteiger partial charge in [0.1, 0.15) is 57.0 Å². The van der Waals surface area contributed by atoms with Crippen molar-refractivity contribution in [3.05, 3.63) is 50.2 Å². The van der Waals surface area contributed by atoms with E-state index < -0.39 is 41.5 Å². The quantitative estimate of drug-likeness (QED) is 0.0250. The van der Waals surface area contributed by atoms with E-state index in [1.807, 2.05) is 0 Å². The number of benzene rings is 3. The van der Waals surface area contributed by atoms with Crippen molar-refractivity contribution in [1.82, 2.24) is 34.9 Å². The Hall–Kier alpha value is -4.72. The molecule has 0 spiro atoms. The molecule has 68 heavy (non-hydrogen) atoms. The highest BCUT2D eigenvalue weighted by Crippen LogP contribution is 2.55. The van der Waals surface area contributed by atoms with Crippen LogP contribution in [0.4, 0.5) is 40.9 Å². The Morgan fingerprint density at radius 3 is 1.78 bits per heavy atom. The first kappa shape index (κ1) is 51.1. The van der Waals surface area contributed by atoms with Gasteiger partial charge in [-0.2, -0.15) is 53.4 Å². The van der Waals surface area contributed by atoms with Crippen LogP contribution in [0.25, 0.3) is 22.6 Å². The molecule has 0 bridgehead atoms. The number of ether oxygens (including phenoxy) is 1. The molecule has 2 aromatic heterocycles. The summed E-state index contributed by atoms with van der Waals surface area (Å²) in [4.78, 5) is 31.8. The molecule has 0 amide bonds. The van der Waals surface area contributed by atoms with Crippen molar-refractivity contribution >= 4 is 142 Å². The van der Waals surface area contributed by atoms with Crippen LogP contribution in [0.3, 0.4) is 0 Å². The zero-order valence-corrected chi connectivity index (χ0v) is 41.0. The average molecular weight is 1090 g/mol. The van der Waals surface area contributed by atoms with E-state index in [0.29, 0.717) is 36.1 Å². The predicted octanol–water partition coefficient (Wildman–Crippen LogP) is 4.39. The molecule has 0 radical (unpaired) electrons. The molecule has 24 nitrogen and oxygen atoms in total. The number of nitrogens with one attached hydrogen (secondary N) is 6. The zero-order chi connectivity index (χ0) is 48.6. The van der Waals surface area contributed by atoms with Gasteiger partial charge in [-0.1, -0.05) is 23.2 Å². The summed E-state index contributed by atoms with van der Waals surface area (Å²) in [7, 11) is -10.5. The molecule has 0 saturated carbocycles. The van der Waals surface area contributed by atoms with Crippen LogP contribution in [0, 0.1) is 0 Å². The van der Waals surface area contributed by atoms with E-state index in [1.165, 1.54) is 47.8 Å². The number of rotatable bonds is 23. The Morgan fingerprint density at radius 1 is 0.647 bits per heavy atom. The lowest BCUT2D eigenvalue weighted by Gasteiger charge is -2.28. The first-order valence-corrected chi connectivity index (χ1v) is 26.4. The van der Waals surface area contributed by atoms with E-state index in [9.17, 15) is 25.9 Å². The fourth-order valence-corrected chi connectivity index (χ4v) is 9.83. The molecule has 3 aliphatic rings. The average Bonchev–Trinajstić information content (AvgIpc) is 3.28. The lowest BCUT2D eigenvalue weighted by Crippen LogP contribution is -2.20. The van der Waals surface area contributed by atoms with Crippen LogP contribution in [0.5, 0.6) is 11.5 Å². The number of nitrogens with zero attached hydrogens (tertiary/aromatic N) is 8. The van der Waals surface area contributed by atoms with E-state index in [2.05, 4.69) is 71.8 Å². The summed E-state index contributed by atoms with van der Waals surface area (Å²) in [5.41, 5.74) is -0.806. The SMILES string of the molecule is O=S(=O)([O-])c1c(NCCNc2nc(Cl)nc(NCCSCCO)n2)ccc2c1Oc1c(c(Cl)c3oc4c(S(=O)(=O)[O-])c(=NCCNc5nc(Cl)nc(NCCSCCO)n5)ccc-4nc3c1Cl)N2. The van der Waals surface area contributed by atoms with E-state index in [1.54, 1.807) is 0 Å². The molecule has 32 heteroatoms. The molecule has 0 unspecified atom stereocenters. The van der Waals surface area contributed by atoms with E-state index in [0.717, 1.165) is 0 Å². The van der Waals surface area contributed by atoms with Crippen molar-refractivity contribution in [2.75, 3.05) is 107 Å². The van der Waals surface area contributed by atoms with Gasteiger partial charge in [-0.05, 0) is 47.5 Å². The number of aliphatic hydroxyl groups excluding tert-OH is 2. The Morgan fingerprint density at radius 2 is 1.21 bits per heavy atom. The highest BCUT2D eigenvalue weighted by Gasteiger charge is 2.33. The van der Waals surface area contributed by atoms with Crippen LogP contribution in [0.1, 0.15) is 0 Å². The molecule has 4 heterocycles. The van der Waals surface area contributed by atoms with Crippen LogP contribution < -0.4 is 42.0 Å². The first-order chi connectivity index (χ1) is 32.5. The first-order valence-electron chi connectivity index (χ1n) is 19.8. The van der Waals surface area contributed by atoms with Gasteiger partial charge in [0.05, 0.1) is 36.5 Å². The lowest BCUT2D eigenvalue weighted by atomic mass is 10.1. The number of fused-ring (bicyclic) bond motifs is 4. The Kier molecular flexibility index (Phi) is 17.1. The van der Waals surface area contributed by atoms with Crippen LogP contribution in [-0.2, 0) is 20.2 Å². The number of thioether (sulfide) groups is 2. The van der Waals surface area contributed by atoms with Gasteiger partial charge in [0.2, 0.25) is 34.4 Å². The van der Waals surface area contributed by atoms with Gasteiger partial charge in [-0.15, -0.1) is 0 Å². The Labute approximate surface area is 415 Å². The van der Waals surface area contributed by atoms with Gasteiger partial charge in [0.15, 0.2) is 22.8 Å². The molecule has 0 saturated heterocycles. The third-order valence-electron chi connectivity index (χ3n) is 9.00. The highest BCUT2D eigenvalue weighted by atomic mass is 35.5. The minimum absolute atomic E-state index is 0.0194. The van der Waals surface area contributed by atoms with Gasteiger partial charge < -0.3 is 60.4 Å². The predicted molar refractivity (Wildman–Crippen MR) is 258 cm³/mol. The van der Waals surface area contributed by atoms with Crippen LogP contribution >= 0.6 is 69.9 Å². The monoisotopic (exact) mass is 1090 g/mol. The molecule has 7 rings (SSSR count). The maximum Gasteiger partial charge on any atom is 0.228 e. The fourth-order valence-electron chi connectivity index (χ4n) is 6.27. The van der Waals surface area contributed by atoms with Crippen molar-refractivity contribution in [2.24, 2.45) is 4.99 Å². The van der Waals surface area contributed by atoms with Crippen molar-refractivity contribution in [3.63, 3.8) is 0 Å². The maximum absolute atomic E-state index is 12.8. The highest BCUT2D eigenvalue weighted by molar-refractivity contribution is 7.99. The molecular formula is C36H36Cl4N14O10S4-2. The Bertz CT molecular complexity index is 3090. The number of halogens is 4. The number of aliphatic hydroxyl groups is 2. The molecule has 1 aliphatic carbocycles. The summed E-state index contributed by atoms with van der Waals surface area (Å²) >= 11 is 28.8.